The van der Waals surface area contributed by atoms with Crippen LogP contribution >= 0.6 is 0 Å². The Bertz CT molecular complexity index is 2530. The van der Waals surface area contributed by atoms with Crippen LogP contribution in [0, 0.1) is 0 Å². The van der Waals surface area contributed by atoms with Gasteiger partial charge in [0.25, 0.3) is 0 Å². The van der Waals surface area contributed by atoms with Gasteiger partial charge in [-0.3, -0.25) is 0 Å². The summed E-state index contributed by atoms with van der Waals surface area (Å²) in [5, 5.41) is 10.9. The summed E-state index contributed by atoms with van der Waals surface area (Å²) in [6.45, 7) is 0. The molecule has 3 heteroatoms. The van der Waals surface area contributed by atoms with Crippen LogP contribution in [0.4, 0.5) is 0 Å². The molecule has 1 heterocycles. The zero-order valence-electron chi connectivity index (χ0n) is 26.2. The van der Waals surface area contributed by atoms with E-state index in [2.05, 4.69) is 175 Å². The summed E-state index contributed by atoms with van der Waals surface area (Å²) in [6.07, 6.45) is -0.341. The standard InChI is InChI=1S/C45H31N3/c1-3-14-30(15-4-1)34-26-28-41(38-23-11-9-21-35(34)38)44-46-43(32-17-5-2-6-18-32)47-45(48-44)42-29-27-40(37-22-10-12-24-39(37)42)36-25-13-19-31-16-7-8-20-33(31)36/h1-29,45H,(H,46,47,48). The number of aliphatic imine (C=N–C) groups is 2. The number of hydrogen-bond donors (Lipinski definition) is 1. The van der Waals surface area contributed by atoms with E-state index in [0.717, 1.165) is 33.7 Å². The SMILES string of the molecule is c1ccc(C2=NC(c3ccc(-c4ccccc4)c4ccccc34)=NC(c3ccc(-c4cccc5ccccc45)c4ccccc34)N2)cc1. The van der Waals surface area contributed by atoms with Crippen molar-refractivity contribution in [1.82, 2.24) is 5.32 Å². The first-order chi connectivity index (χ1) is 23.8. The van der Waals surface area contributed by atoms with Gasteiger partial charge in [0.15, 0.2) is 5.84 Å². The van der Waals surface area contributed by atoms with Crippen LogP contribution in [0.15, 0.2) is 186 Å². The molecule has 1 aliphatic heterocycles. The molecule has 0 fully saturated rings. The Morgan fingerprint density at radius 2 is 0.896 bits per heavy atom. The second-order valence-corrected chi connectivity index (χ2v) is 12.2. The fourth-order valence-electron chi connectivity index (χ4n) is 7.09. The molecule has 3 nitrogen and oxygen atoms in total. The minimum atomic E-state index is -0.341. The Hall–Kier alpha value is -6.32. The predicted octanol–water partition coefficient (Wildman–Crippen LogP) is 11.0. The van der Waals surface area contributed by atoms with Crippen LogP contribution in [0.2, 0.25) is 0 Å². The van der Waals surface area contributed by atoms with Gasteiger partial charge in [0, 0.05) is 16.7 Å². The van der Waals surface area contributed by atoms with E-state index in [9.17, 15) is 0 Å². The first-order valence-corrected chi connectivity index (χ1v) is 16.4. The number of nitrogens with zero attached hydrogens (tertiary/aromatic N) is 2. The first kappa shape index (κ1) is 27.9. The summed E-state index contributed by atoms with van der Waals surface area (Å²) in [7, 11) is 0. The van der Waals surface area contributed by atoms with Gasteiger partial charge in [-0.05, 0) is 60.6 Å². The monoisotopic (exact) mass is 613 g/mol. The Kier molecular flexibility index (Phi) is 6.87. The molecular weight excluding hydrogens is 583 g/mol. The van der Waals surface area contributed by atoms with E-state index in [0.29, 0.717) is 0 Å². The normalized spacial score (nSPS) is 14.5. The highest BCUT2D eigenvalue weighted by molar-refractivity contribution is 6.19. The molecule has 8 aromatic rings. The minimum Gasteiger partial charge on any atom is -0.344 e. The van der Waals surface area contributed by atoms with Crippen molar-refractivity contribution in [3.63, 3.8) is 0 Å². The van der Waals surface area contributed by atoms with Crippen molar-refractivity contribution in [2.24, 2.45) is 9.98 Å². The number of benzene rings is 8. The first-order valence-electron chi connectivity index (χ1n) is 16.4. The molecule has 0 spiro atoms. The zero-order chi connectivity index (χ0) is 31.9. The third-order valence-electron chi connectivity index (χ3n) is 9.37. The lowest BCUT2D eigenvalue weighted by molar-refractivity contribution is 0.680. The van der Waals surface area contributed by atoms with Crippen LogP contribution in [-0.4, -0.2) is 11.7 Å². The Morgan fingerprint density at radius 1 is 0.375 bits per heavy atom. The lowest BCUT2D eigenvalue weighted by atomic mass is 9.91. The maximum Gasteiger partial charge on any atom is 0.160 e. The highest BCUT2D eigenvalue weighted by Crippen LogP contribution is 2.38. The van der Waals surface area contributed by atoms with Crippen molar-refractivity contribution >= 4 is 44.0 Å². The average molecular weight is 614 g/mol. The maximum absolute atomic E-state index is 5.37. The number of hydrogen-bond acceptors (Lipinski definition) is 3. The molecule has 0 aliphatic carbocycles. The molecule has 0 saturated carbocycles. The van der Waals surface area contributed by atoms with Gasteiger partial charge < -0.3 is 5.32 Å². The van der Waals surface area contributed by atoms with Gasteiger partial charge in [-0.25, -0.2) is 9.98 Å². The Labute approximate surface area is 279 Å². The van der Waals surface area contributed by atoms with Crippen molar-refractivity contribution in [1.29, 1.82) is 0 Å². The quantitative estimate of drug-likeness (QED) is 0.206. The van der Waals surface area contributed by atoms with Crippen LogP contribution in [0.25, 0.3) is 54.6 Å². The number of nitrogens with one attached hydrogen (secondary N) is 1. The summed E-state index contributed by atoms with van der Waals surface area (Å²) < 4.78 is 0. The van der Waals surface area contributed by atoms with Gasteiger partial charge in [-0.15, -0.1) is 0 Å². The highest BCUT2D eigenvalue weighted by Gasteiger charge is 2.24. The van der Waals surface area contributed by atoms with Crippen molar-refractivity contribution in [3.8, 4) is 22.3 Å². The number of rotatable bonds is 5. The number of fused-ring (bicyclic) bond motifs is 3. The molecule has 9 rings (SSSR count). The molecule has 1 atom stereocenters. The van der Waals surface area contributed by atoms with Crippen molar-refractivity contribution in [2.75, 3.05) is 0 Å². The Morgan fingerprint density at radius 3 is 1.65 bits per heavy atom. The van der Waals surface area contributed by atoms with Crippen LogP contribution in [0.3, 0.4) is 0 Å². The molecule has 1 N–H and O–H groups in total. The van der Waals surface area contributed by atoms with Gasteiger partial charge in [0.05, 0.1) is 0 Å². The highest BCUT2D eigenvalue weighted by atomic mass is 15.2. The fraction of sp³-hybridized carbons (Fsp3) is 0.0222. The molecule has 1 aliphatic rings. The zero-order valence-corrected chi connectivity index (χ0v) is 26.2. The topological polar surface area (TPSA) is 36.8 Å². The third-order valence-corrected chi connectivity index (χ3v) is 9.37. The number of amidine groups is 2. The average Bonchev–Trinajstić information content (AvgIpc) is 3.17. The molecule has 0 aromatic heterocycles. The predicted molar refractivity (Wildman–Crippen MR) is 202 cm³/mol. The van der Waals surface area contributed by atoms with Gasteiger partial charge >= 0.3 is 0 Å². The van der Waals surface area contributed by atoms with E-state index in [1.807, 2.05) is 6.07 Å². The van der Waals surface area contributed by atoms with E-state index in [1.165, 1.54) is 49.2 Å². The van der Waals surface area contributed by atoms with E-state index in [-0.39, 0.29) is 6.17 Å². The lowest BCUT2D eigenvalue weighted by Gasteiger charge is -2.26. The molecule has 0 saturated heterocycles. The second-order valence-electron chi connectivity index (χ2n) is 12.2. The smallest absolute Gasteiger partial charge is 0.160 e. The van der Waals surface area contributed by atoms with Crippen molar-refractivity contribution in [2.45, 2.75) is 6.17 Å². The van der Waals surface area contributed by atoms with Gasteiger partial charge in [-0.1, -0.05) is 170 Å². The molecule has 8 aromatic carbocycles. The molecule has 226 valence electrons. The summed E-state index contributed by atoms with van der Waals surface area (Å²) in [5.41, 5.74) is 7.98. The van der Waals surface area contributed by atoms with E-state index < -0.39 is 0 Å². The summed E-state index contributed by atoms with van der Waals surface area (Å²) in [6, 6.07) is 62.2. The van der Waals surface area contributed by atoms with Gasteiger partial charge in [0.1, 0.15) is 12.0 Å². The van der Waals surface area contributed by atoms with Crippen molar-refractivity contribution in [3.05, 3.63) is 193 Å². The van der Waals surface area contributed by atoms with E-state index in [4.69, 9.17) is 9.98 Å². The molecule has 48 heavy (non-hydrogen) atoms. The lowest BCUT2D eigenvalue weighted by Crippen LogP contribution is -2.33. The van der Waals surface area contributed by atoms with Crippen LogP contribution in [0.1, 0.15) is 22.9 Å². The van der Waals surface area contributed by atoms with Crippen LogP contribution in [0.5, 0.6) is 0 Å². The van der Waals surface area contributed by atoms with Gasteiger partial charge in [0.2, 0.25) is 0 Å². The summed E-state index contributed by atoms with van der Waals surface area (Å²) in [5.74, 6) is 1.53. The van der Waals surface area contributed by atoms with Crippen molar-refractivity contribution < 1.29 is 0 Å². The largest absolute Gasteiger partial charge is 0.344 e. The molecule has 1 unspecified atom stereocenters. The summed E-state index contributed by atoms with van der Waals surface area (Å²) in [4.78, 5) is 10.6. The molecule has 0 bridgehead atoms. The second kappa shape index (κ2) is 11.8. The maximum atomic E-state index is 5.37. The fourth-order valence-corrected chi connectivity index (χ4v) is 7.09. The Balaban J connectivity index is 1.23. The van der Waals surface area contributed by atoms with E-state index in [1.54, 1.807) is 0 Å². The van der Waals surface area contributed by atoms with Gasteiger partial charge in [-0.2, -0.15) is 0 Å². The minimum absolute atomic E-state index is 0.341. The molecule has 0 radical (unpaired) electrons. The molecular formula is C45H31N3. The van der Waals surface area contributed by atoms with Crippen LogP contribution in [-0.2, 0) is 0 Å². The third kappa shape index (κ3) is 4.85. The van der Waals surface area contributed by atoms with E-state index >= 15 is 0 Å². The summed E-state index contributed by atoms with van der Waals surface area (Å²) >= 11 is 0. The molecule has 0 amide bonds. The van der Waals surface area contributed by atoms with Crippen LogP contribution < -0.4 is 5.32 Å².